The molecule has 1 aliphatic carbocycles. The summed E-state index contributed by atoms with van der Waals surface area (Å²) in [6, 6.07) is 0. The smallest absolute Gasteiger partial charge is 0.113 e. The molecule has 26 heavy (non-hydrogen) atoms. The van der Waals surface area contributed by atoms with Crippen molar-refractivity contribution in [3.05, 3.63) is 59.4 Å². The lowest BCUT2D eigenvalue weighted by Gasteiger charge is -2.21. The van der Waals surface area contributed by atoms with E-state index in [1.54, 1.807) is 0 Å². The van der Waals surface area contributed by atoms with Crippen molar-refractivity contribution in [2.24, 2.45) is 0 Å². The summed E-state index contributed by atoms with van der Waals surface area (Å²) >= 11 is 0. The molecule has 1 aromatic heterocycles. The normalized spacial score (nSPS) is 25.4. The summed E-state index contributed by atoms with van der Waals surface area (Å²) in [5.41, 5.74) is 5.57. The molecule has 0 unspecified atom stereocenters. The second-order valence-corrected chi connectivity index (χ2v) is 7.08. The summed E-state index contributed by atoms with van der Waals surface area (Å²) in [5.74, 6) is 1.89. The highest BCUT2D eigenvalue weighted by Gasteiger charge is 2.28. The fraction of sp³-hybridized carbons (Fsp3) is 0.500. The van der Waals surface area contributed by atoms with Gasteiger partial charge in [0, 0.05) is 18.2 Å². The van der Waals surface area contributed by atoms with Gasteiger partial charge in [0.15, 0.2) is 0 Å². The fourth-order valence-electron chi connectivity index (χ4n) is 4.00. The van der Waals surface area contributed by atoms with E-state index >= 15 is 0 Å². The predicted molar refractivity (Wildman–Crippen MR) is 109 cm³/mol. The number of aromatic nitrogens is 2. The number of hydrogen-bond acceptors (Lipinski definition) is 3. The van der Waals surface area contributed by atoms with Gasteiger partial charge in [-0.05, 0) is 37.5 Å². The van der Waals surface area contributed by atoms with Crippen molar-refractivity contribution < 1.29 is 0 Å². The maximum absolute atomic E-state index is 5.12. The monoisotopic (exact) mass is 352 g/mol. The lowest BCUT2D eigenvalue weighted by Crippen LogP contribution is -2.15. The third-order valence-corrected chi connectivity index (χ3v) is 5.21. The van der Waals surface area contributed by atoms with E-state index < -0.39 is 0 Å². The third kappa shape index (κ3) is 3.85. The molecule has 2 N–H and O–H groups in total. The van der Waals surface area contributed by atoms with Crippen molar-refractivity contribution in [1.82, 2.24) is 20.2 Å². The molecule has 3 heterocycles. The first-order chi connectivity index (χ1) is 12.7. The van der Waals surface area contributed by atoms with E-state index in [1.165, 1.54) is 43.6 Å². The van der Waals surface area contributed by atoms with Gasteiger partial charge < -0.3 is 9.88 Å². The first-order valence-corrected chi connectivity index (χ1v) is 10.1. The SMILES string of the molecule is C=C1/C=C\C=C(\C)N/C(c2nc(C3CCCCC3)n3c2CNC3)=C\1.CC. The Bertz CT molecular complexity index is 742. The van der Waals surface area contributed by atoms with Gasteiger partial charge in [-0.1, -0.05) is 51.8 Å². The quantitative estimate of drug-likeness (QED) is 0.789. The van der Waals surface area contributed by atoms with Crippen molar-refractivity contribution in [2.45, 2.75) is 72.0 Å². The van der Waals surface area contributed by atoms with Crippen LogP contribution in [0, 0.1) is 0 Å². The topological polar surface area (TPSA) is 41.9 Å². The highest BCUT2D eigenvalue weighted by atomic mass is 15.2. The minimum absolute atomic E-state index is 0.611. The largest absolute Gasteiger partial charge is 0.357 e. The van der Waals surface area contributed by atoms with Gasteiger partial charge in [0.25, 0.3) is 0 Å². The molecule has 0 bridgehead atoms. The summed E-state index contributed by atoms with van der Waals surface area (Å²) in [6.07, 6.45) is 14.9. The minimum Gasteiger partial charge on any atom is -0.357 e. The van der Waals surface area contributed by atoms with Crippen molar-refractivity contribution in [3.63, 3.8) is 0 Å². The van der Waals surface area contributed by atoms with Crippen molar-refractivity contribution in [1.29, 1.82) is 0 Å². The molecule has 3 aliphatic rings. The molecule has 0 atom stereocenters. The molecule has 0 spiro atoms. The number of allylic oxidation sites excluding steroid dienone is 6. The molecule has 0 radical (unpaired) electrons. The lowest BCUT2D eigenvalue weighted by atomic mass is 9.89. The van der Waals surface area contributed by atoms with Crippen molar-refractivity contribution in [3.8, 4) is 0 Å². The van der Waals surface area contributed by atoms with Crippen LogP contribution in [0.2, 0.25) is 0 Å². The average molecular weight is 353 g/mol. The van der Waals surface area contributed by atoms with Gasteiger partial charge in [-0.15, -0.1) is 0 Å². The highest BCUT2D eigenvalue weighted by molar-refractivity contribution is 5.69. The number of hydrogen-bond donors (Lipinski definition) is 2. The Morgan fingerprint density at radius 2 is 1.96 bits per heavy atom. The van der Waals surface area contributed by atoms with Gasteiger partial charge in [0.05, 0.1) is 18.1 Å². The van der Waals surface area contributed by atoms with Crippen LogP contribution in [0.3, 0.4) is 0 Å². The van der Waals surface area contributed by atoms with Crippen LogP contribution < -0.4 is 10.6 Å². The molecule has 140 valence electrons. The number of rotatable bonds is 2. The van der Waals surface area contributed by atoms with Gasteiger partial charge in [0.1, 0.15) is 11.5 Å². The Kier molecular flexibility index (Phi) is 6.15. The van der Waals surface area contributed by atoms with Crippen LogP contribution >= 0.6 is 0 Å². The van der Waals surface area contributed by atoms with Crippen LogP contribution in [-0.2, 0) is 13.2 Å². The van der Waals surface area contributed by atoms with Gasteiger partial charge in [-0.25, -0.2) is 4.98 Å². The van der Waals surface area contributed by atoms with E-state index in [9.17, 15) is 0 Å². The Morgan fingerprint density at radius 3 is 2.73 bits per heavy atom. The summed E-state index contributed by atoms with van der Waals surface area (Å²) in [7, 11) is 0. The number of imidazole rings is 1. The van der Waals surface area contributed by atoms with Gasteiger partial charge >= 0.3 is 0 Å². The molecule has 4 heteroatoms. The van der Waals surface area contributed by atoms with Crippen LogP contribution in [-0.4, -0.2) is 9.55 Å². The third-order valence-electron chi connectivity index (χ3n) is 5.21. The van der Waals surface area contributed by atoms with Crippen LogP contribution in [0.5, 0.6) is 0 Å². The minimum atomic E-state index is 0.611. The van der Waals surface area contributed by atoms with Gasteiger partial charge in [0.2, 0.25) is 0 Å². The molecule has 0 saturated heterocycles. The van der Waals surface area contributed by atoms with Crippen LogP contribution in [0.4, 0.5) is 0 Å². The zero-order valence-electron chi connectivity index (χ0n) is 16.4. The van der Waals surface area contributed by atoms with E-state index in [4.69, 9.17) is 4.98 Å². The predicted octanol–water partition coefficient (Wildman–Crippen LogP) is 4.98. The van der Waals surface area contributed by atoms with Crippen molar-refractivity contribution in [2.75, 3.05) is 0 Å². The lowest BCUT2D eigenvalue weighted by molar-refractivity contribution is 0.415. The molecule has 4 nitrogen and oxygen atoms in total. The summed E-state index contributed by atoms with van der Waals surface area (Å²) in [6.45, 7) is 12.0. The number of nitrogens with zero attached hydrogens (tertiary/aromatic N) is 2. The molecule has 0 amide bonds. The number of fused-ring (bicyclic) bond motifs is 1. The van der Waals surface area contributed by atoms with Crippen molar-refractivity contribution >= 4 is 5.70 Å². The molecule has 1 aromatic rings. The average Bonchev–Trinajstić information content (AvgIpc) is 3.25. The van der Waals surface area contributed by atoms with E-state index in [2.05, 4.69) is 40.9 Å². The highest BCUT2D eigenvalue weighted by Crippen LogP contribution is 2.35. The Hall–Kier alpha value is -2.07. The number of nitrogens with one attached hydrogen (secondary N) is 2. The van der Waals surface area contributed by atoms with Gasteiger partial charge in [-0.3, -0.25) is 5.32 Å². The second kappa shape index (κ2) is 8.54. The van der Waals surface area contributed by atoms with E-state index in [-0.39, 0.29) is 0 Å². The van der Waals surface area contributed by atoms with E-state index in [1.807, 2.05) is 26.0 Å². The zero-order valence-corrected chi connectivity index (χ0v) is 16.4. The van der Waals surface area contributed by atoms with Gasteiger partial charge in [-0.2, -0.15) is 0 Å². The molecular formula is C22H32N4. The maximum atomic E-state index is 5.12. The van der Waals surface area contributed by atoms with Crippen LogP contribution in [0.1, 0.15) is 76.0 Å². The molecule has 1 fully saturated rings. The second-order valence-electron chi connectivity index (χ2n) is 7.08. The van der Waals surface area contributed by atoms with E-state index in [0.717, 1.165) is 35.9 Å². The summed E-state index contributed by atoms with van der Waals surface area (Å²) in [4.78, 5) is 5.12. The molecule has 2 aliphatic heterocycles. The summed E-state index contributed by atoms with van der Waals surface area (Å²) < 4.78 is 2.41. The molecule has 0 aromatic carbocycles. The van der Waals surface area contributed by atoms with E-state index in [0.29, 0.717) is 5.92 Å². The first kappa shape index (κ1) is 18.7. The Morgan fingerprint density at radius 1 is 1.19 bits per heavy atom. The van der Waals surface area contributed by atoms with Crippen LogP contribution in [0.15, 0.2) is 42.2 Å². The van der Waals surface area contributed by atoms with Crippen LogP contribution in [0.25, 0.3) is 5.70 Å². The molecule has 4 rings (SSSR count). The maximum Gasteiger partial charge on any atom is 0.113 e. The Labute approximate surface area is 157 Å². The summed E-state index contributed by atoms with van der Waals surface area (Å²) in [5, 5.41) is 7.01. The molecular weight excluding hydrogens is 320 g/mol. The fourth-order valence-corrected chi connectivity index (χ4v) is 4.00. The Balaban J connectivity index is 0.000000948. The standard InChI is InChI=1S/C20H26N4.C2H6/c1-14-7-6-8-15(2)22-17(11-14)19-18-12-21-13-24(18)20(23-19)16-9-4-3-5-10-16;1-2/h6-8,11,16,21-22H,1,3-5,9-10,12-13H2,2H3;1-2H3/b7-6-,15-8-,17-11-;. The molecule has 1 saturated carbocycles. The first-order valence-electron chi connectivity index (χ1n) is 10.1. The zero-order chi connectivity index (χ0) is 18.5.